The summed E-state index contributed by atoms with van der Waals surface area (Å²) in [5.41, 5.74) is 6.83. The molecular weight excluding hydrogens is 268 g/mol. The van der Waals surface area contributed by atoms with Crippen molar-refractivity contribution in [1.82, 2.24) is 5.32 Å². The summed E-state index contributed by atoms with van der Waals surface area (Å²) < 4.78 is 10.8. The molecule has 0 aliphatic rings. The van der Waals surface area contributed by atoms with Gasteiger partial charge >= 0.3 is 0 Å². The summed E-state index contributed by atoms with van der Waals surface area (Å²) in [7, 11) is 0. The third-order valence-electron chi connectivity index (χ3n) is 3.12. The summed E-state index contributed by atoms with van der Waals surface area (Å²) in [6.45, 7) is 9.59. The molecule has 3 N–H and O–H groups in total. The Labute approximate surface area is 126 Å². The van der Waals surface area contributed by atoms with Crippen LogP contribution >= 0.6 is 0 Å². The molecule has 5 nitrogen and oxygen atoms in total. The van der Waals surface area contributed by atoms with Crippen LogP contribution in [0.5, 0.6) is 5.75 Å². The minimum Gasteiger partial charge on any atom is -0.494 e. The Morgan fingerprint density at radius 1 is 1.24 bits per heavy atom. The van der Waals surface area contributed by atoms with Gasteiger partial charge in [-0.05, 0) is 31.9 Å². The molecule has 1 amide bonds. The SMILES string of the molecule is CCOCC(NC(=O)c1cc(N)cc(OCC)c1)C(C)C. The Kier molecular flexibility index (Phi) is 7.02. The van der Waals surface area contributed by atoms with Gasteiger partial charge in [-0.2, -0.15) is 0 Å². The molecule has 1 aromatic carbocycles. The molecule has 0 saturated carbocycles. The summed E-state index contributed by atoms with van der Waals surface area (Å²) in [6, 6.07) is 5.03. The Morgan fingerprint density at radius 3 is 2.52 bits per heavy atom. The molecule has 1 unspecified atom stereocenters. The maximum atomic E-state index is 12.4. The van der Waals surface area contributed by atoms with E-state index in [1.807, 2.05) is 13.8 Å². The van der Waals surface area contributed by atoms with Gasteiger partial charge in [-0.1, -0.05) is 13.8 Å². The average molecular weight is 294 g/mol. The van der Waals surface area contributed by atoms with Crippen LogP contribution in [0.3, 0.4) is 0 Å². The van der Waals surface area contributed by atoms with Crippen molar-refractivity contribution in [3.63, 3.8) is 0 Å². The number of nitrogen functional groups attached to an aromatic ring is 1. The predicted octanol–water partition coefficient (Wildman–Crippen LogP) is 2.46. The molecule has 1 atom stereocenters. The molecule has 118 valence electrons. The zero-order chi connectivity index (χ0) is 15.8. The Morgan fingerprint density at radius 2 is 1.95 bits per heavy atom. The molecule has 21 heavy (non-hydrogen) atoms. The van der Waals surface area contributed by atoms with E-state index in [1.54, 1.807) is 18.2 Å². The fourth-order valence-electron chi connectivity index (χ4n) is 1.90. The van der Waals surface area contributed by atoms with Crippen LogP contribution in [-0.2, 0) is 4.74 Å². The number of nitrogens with one attached hydrogen (secondary N) is 1. The molecule has 0 aliphatic heterocycles. The van der Waals surface area contributed by atoms with Gasteiger partial charge in [0, 0.05) is 23.9 Å². The fourth-order valence-corrected chi connectivity index (χ4v) is 1.90. The molecule has 0 saturated heterocycles. The molecule has 1 aromatic rings. The Hall–Kier alpha value is -1.75. The van der Waals surface area contributed by atoms with Gasteiger partial charge in [0.15, 0.2) is 0 Å². The number of hydrogen-bond donors (Lipinski definition) is 2. The number of nitrogens with two attached hydrogens (primary N) is 1. The van der Waals surface area contributed by atoms with Crippen molar-refractivity contribution in [3.8, 4) is 5.75 Å². The highest BCUT2D eigenvalue weighted by Crippen LogP contribution is 2.19. The number of carbonyl (C=O) groups excluding carboxylic acids is 1. The third kappa shape index (κ3) is 5.63. The minimum atomic E-state index is -0.165. The number of carbonyl (C=O) groups is 1. The zero-order valence-corrected chi connectivity index (χ0v) is 13.3. The lowest BCUT2D eigenvalue weighted by molar-refractivity contribution is 0.0806. The molecule has 5 heteroatoms. The zero-order valence-electron chi connectivity index (χ0n) is 13.3. The standard InChI is InChI=1S/C16H26N2O3/c1-5-20-10-15(11(3)4)18-16(19)12-7-13(17)9-14(8-12)21-6-2/h7-9,11,15H,5-6,10,17H2,1-4H3,(H,18,19). The van der Waals surface area contributed by atoms with Crippen molar-refractivity contribution in [2.75, 3.05) is 25.6 Å². The number of anilines is 1. The topological polar surface area (TPSA) is 73.6 Å². The first kappa shape index (κ1) is 17.3. The van der Waals surface area contributed by atoms with Crippen LogP contribution in [-0.4, -0.2) is 31.8 Å². The Bertz CT molecular complexity index is 461. The summed E-state index contributed by atoms with van der Waals surface area (Å²) in [4.78, 5) is 12.4. The van der Waals surface area contributed by atoms with Crippen molar-refractivity contribution < 1.29 is 14.3 Å². The second-order valence-corrected chi connectivity index (χ2v) is 5.21. The quantitative estimate of drug-likeness (QED) is 0.722. The predicted molar refractivity (Wildman–Crippen MR) is 84.6 cm³/mol. The molecule has 0 fully saturated rings. The van der Waals surface area contributed by atoms with E-state index in [9.17, 15) is 4.79 Å². The van der Waals surface area contributed by atoms with E-state index in [2.05, 4.69) is 19.2 Å². The van der Waals surface area contributed by atoms with Gasteiger partial charge < -0.3 is 20.5 Å². The normalized spacial score (nSPS) is 12.2. The lowest BCUT2D eigenvalue weighted by Crippen LogP contribution is -2.41. The highest BCUT2D eigenvalue weighted by molar-refractivity contribution is 5.95. The molecule has 0 spiro atoms. The van der Waals surface area contributed by atoms with Gasteiger partial charge in [0.1, 0.15) is 5.75 Å². The summed E-state index contributed by atoms with van der Waals surface area (Å²) in [5.74, 6) is 0.725. The maximum Gasteiger partial charge on any atom is 0.251 e. The summed E-state index contributed by atoms with van der Waals surface area (Å²) in [6.07, 6.45) is 0. The number of amides is 1. The number of rotatable bonds is 8. The van der Waals surface area contributed by atoms with E-state index in [1.165, 1.54) is 0 Å². The van der Waals surface area contributed by atoms with Gasteiger partial charge in [-0.3, -0.25) is 4.79 Å². The first-order valence-electron chi connectivity index (χ1n) is 7.39. The molecule has 0 aromatic heterocycles. The van der Waals surface area contributed by atoms with Crippen molar-refractivity contribution in [2.24, 2.45) is 5.92 Å². The summed E-state index contributed by atoms with van der Waals surface area (Å²) >= 11 is 0. The van der Waals surface area contributed by atoms with E-state index >= 15 is 0 Å². The van der Waals surface area contributed by atoms with Crippen LogP contribution in [0.4, 0.5) is 5.69 Å². The van der Waals surface area contributed by atoms with Gasteiger partial charge in [-0.25, -0.2) is 0 Å². The molecule has 0 heterocycles. The molecule has 0 aliphatic carbocycles. The van der Waals surface area contributed by atoms with Crippen molar-refractivity contribution in [3.05, 3.63) is 23.8 Å². The van der Waals surface area contributed by atoms with E-state index in [0.717, 1.165) is 0 Å². The molecule has 0 radical (unpaired) electrons. The first-order chi connectivity index (χ1) is 9.97. The van der Waals surface area contributed by atoms with Gasteiger partial charge in [0.2, 0.25) is 0 Å². The van der Waals surface area contributed by atoms with Crippen LogP contribution in [0, 0.1) is 5.92 Å². The van der Waals surface area contributed by atoms with Crippen LogP contribution < -0.4 is 15.8 Å². The summed E-state index contributed by atoms with van der Waals surface area (Å²) in [5, 5.41) is 2.99. The second-order valence-electron chi connectivity index (χ2n) is 5.21. The van der Waals surface area contributed by atoms with E-state index in [-0.39, 0.29) is 17.9 Å². The number of ether oxygens (including phenoxy) is 2. The minimum absolute atomic E-state index is 0.0329. The molecular formula is C16H26N2O3. The second kappa shape index (κ2) is 8.52. The largest absolute Gasteiger partial charge is 0.494 e. The monoisotopic (exact) mass is 294 g/mol. The molecule has 1 rings (SSSR count). The first-order valence-corrected chi connectivity index (χ1v) is 7.39. The van der Waals surface area contributed by atoms with E-state index in [4.69, 9.17) is 15.2 Å². The van der Waals surface area contributed by atoms with Crippen LogP contribution in [0.2, 0.25) is 0 Å². The van der Waals surface area contributed by atoms with Crippen molar-refractivity contribution in [2.45, 2.75) is 33.7 Å². The van der Waals surface area contributed by atoms with Gasteiger partial charge in [-0.15, -0.1) is 0 Å². The van der Waals surface area contributed by atoms with E-state index in [0.29, 0.717) is 36.8 Å². The molecule has 0 bridgehead atoms. The van der Waals surface area contributed by atoms with Crippen LogP contribution in [0.1, 0.15) is 38.1 Å². The van der Waals surface area contributed by atoms with Crippen LogP contribution in [0.15, 0.2) is 18.2 Å². The lowest BCUT2D eigenvalue weighted by Gasteiger charge is -2.22. The third-order valence-corrected chi connectivity index (χ3v) is 3.12. The van der Waals surface area contributed by atoms with Crippen molar-refractivity contribution in [1.29, 1.82) is 0 Å². The average Bonchev–Trinajstić information content (AvgIpc) is 2.42. The van der Waals surface area contributed by atoms with Crippen LogP contribution in [0.25, 0.3) is 0 Å². The van der Waals surface area contributed by atoms with Gasteiger partial charge in [0.05, 0.1) is 19.3 Å². The van der Waals surface area contributed by atoms with Crippen molar-refractivity contribution >= 4 is 11.6 Å². The lowest BCUT2D eigenvalue weighted by atomic mass is 10.0. The number of hydrogen-bond acceptors (Lipinski definition) is 4. The Balaban J connectivity index is 2.81. The van der Waals surface area contributed by atoms with E-state index < -0.39 is 0 Å². The fraction of sp³-hybridized carbons (Fsp3) is 0.562. The highest BCUT2D eigenvalue weighted by atomic mass is 16.5. The number of benzene rings is 1. The van der Waals surface area contributed by atoms with Gasteiger partial charge in [0.25, 0.3) is 5.91 Å². The maximum absolute atomic E-state index is 12.4. The highest BCUT2D eigenvalue weighted by Gasteiger charge is 2.18. The smallest absolute Gasteiger partial charge is 0.251 e.